The molecule has 4 nitrogen and oxygen atoms in total. The third kappa shape index (κ3) is 2.46. The number of aliphatic hydroxyl groups excluding tert-OH is 1. The van der Waals surface area contributed by atoms with Crippen molar-refractivity contribution in [3.05, 3.63) is 66.6 Å². The molecule has 0 aliphatic carbocycles. The Kier molecular flexibility index (Phi) is 3.31. The minimum Gasteiger partial charge on any atom is -0.387 e. The summed E-state index contributed by atoms with van der Waals surface area (Å²) in [4.78, 5) is 4.49. The molecule has 1 aromatic carbocycles. The molecule has 0 saturated heterocycles. The van der Waals surface area contributed by atoms with Crippen LogP contribution in [0.3, 0.4) is 0 Å². The highest BCUT2D eigenvalue weighted by Gasteiger charge is 2.06. The molecule has 20 heavy (non-hydrogen) atoms. The molecule has 0 unspecified atom stereocenters. The predicted octanol–water partition coefficient (Wildman–Crippen LogP) is 2.99. The molecule has 3 rings (SSSR count). The maximum atomic E-state index is 9.62. The van der Waals surface area contributed by atoms with Gasteiger partial charge in [-0.05, 0) is 37.3 Å². The Morgan fingerprint density at radius 2 is 1.95 bits per heavy atom. The lowest BCUT2D eigenvalue weighted by Crippen LogP contribution is -1.98. The molecule has 1 N–H and O–H groups in total. The van der Waals surface area contributed by atoms with Crippen molar-refractivity contribution in [3.8, 4) is 16.9 Å². The summed E-state index contributed by atoms with van der Waals surface area (Å²) in [5.41, 5.74) is 3.50. The summed E-state index contributed by atoms with van der Waals surface area (Å²) in [5.74, 6) is 0. The second-order valence-corrected chi connectivity index (χ2v) is 4.62. The molecule has 0 bridgehead atoms. The highest BCUT2D eigenvalue weighted by molar-refractivity contribution is 5.62. The van der Waals surface area contributed by atoms with E-state index in [1.165, 1.54) is 0 Å². The van der Waals surface area contributed by atoms with Crippen molar-refractivity contribution < 1.29 is 5.11 Å². The lowest BCUT2D eigenvalue weighted by molar-refractivity contribution is 0.194. The molecule has 1 atom stereocenters. The first-order chi connectivity index (χ1) is 9.74. The summed E-state index contributed by atoms with van der Waals surface area (Å²) in [5, 5.41) is 13.8. The van der Waals surface area contributed by atoms with Crippen molar-refractivity contribution in [1.29, 1.82) is 0 Å². The van der Waals surface area contributed by atoms with Gasteiger partial charge in [0.25, 0.3) is 0 Å². The first kappa shape index (κ1) is 12.6. The Hall–Kier alpha value is -2.46. The van der Waals surface area contributed by atoms with Crippen LogP contribution in [-0.2, 0) is 0 Å². The van der Waals surface area contributed by atoms with Crippen LogP contribution in [0.25, 0.3) is 16.9 Å². The van der Waals surface area contributed by atoms with E-state index in [9.17, 15) is 5.11 Å². The normalized spacial score (nSPS) is 12.3. The van der Waals surface area contributed by atoms with E-state index in [4.69, 9.17) is 0 Å². The Morgan fingerprint density at radius 1 is 1.10 bits per heavy atom. The van der Waals surface area contributed by atoms with Gasteiger partial charge in [-0.3, -0.25) is 4.98 Å². The second kappa shape index (κ2) is 5.27. The summed E-state index contributed by atoms with van der Waals surface area (Å²) in [6.45, 7) is 1.71. The summed E-state index contributed by atoms with van der Waals surface area (Å²) < 4.78 is 1.81. The zero-order valence-electron chi connectivity index (χ0n) is 11.1. The standard InChI is InChI=1S/C16H15N3O/c1-12(20)15-7-3-8-16(18-15)13-5-2-6-14(11-13)19-10-4-9-17-19/h2-12,20H,1H3/t12-/m1/s1. The highest BCUT2D eigenvalue weighted by Crippen LogP contribution is 2.21. The lowest BCUT2D eigenvalue weighted by Gasteiger charge is -2.08. The third-order valence-electron chi connectivity index (χ3n) is 3.11. The molecule has 0 aliphatic heterocycles. The third-order valence-corrected chi connectivity index (χ3v) is 3.11. The van der Waals surface area contributed by atoms with Crippen molar-refractivity contribution in [1.82, 2.24) is 14.8 Å². The summed E-state index contributed by atoms with van der Waals surface area (Å²) in [7, 11) is 0. The van der Waals surface area contributed by atoms with Crippen LogP contribution in [0.1, 0.15) is 18.7 Å². The molecule has 100 valence electrons. The van der Waals surface area contributed by atoms with Crippen LogP contribution in [0.2, 0.25) is 0 Å². The highest BCUT2D eigenvalue weighted by atomic mass is 16.3. The van der Waals surface area contributed by atoms with Crippen molar-refractivity contribution in [2.24, 2.45) is 0 Å². The van der Waals surface area contributed by atoms with Crippen LogP contribution in [0.15, 0.2) is 60.9 Å². The van der Waals surface area contributed by atoms with Crippen LogP contribution < -0.4 is 0 Å². The number of benzene rings is 1. The number of nitrogens with zero attached hydrogens (tertiary/aromatic N) is 3. The van der Waals surface area contributed by atoms with E-state index in [-0.39, 0.29) is 0 Å². The minimum atomic E-state index is -0.566. The topological polar surface area (TPSA) is 50.9 Å². The fourth-order valence-electron chi connectivity index (χ4n) is 2.07. The van der Waals surface area contributed by atoms with Crippen molar-refractivity contribution in [2.45, 2.75) is 13.0 Å². The maximum Gasteiger partial charge on any atom is 0.0932 e. The van der Waals surface area contributed by atoms with Gasteiger partial charge >= 0.3 is 0 Å². The number of aromatic nitrogens is 3. The van der Waals surface area contributed by atoms with E-state index in [1.807, 2.05) is 59.4 Å². The van der Waals surface area contributed by atoms with Gasteiger partial charge in [-0.25, -0.2) is 4.68 Å². The number of pyridine rings is 1. The van der Waals surface area contributed by atoms with Gasteiger partial charge in [0, 0.05) is 18.0 Å². The largest absolute Gasteiger partial charge is 0.387 e. The number of hydrogen-bond acceptors (Lipinski definition) is 3. The van der Waals surface area contributed by atoms with E-state index in [0.29, 0.717) is 5.69 Å². The Balaban J connectivity index is 2.02. The zero-order valence-corrected chi connectivity index (χ0v) is 11.1. The molecule has 3 aromatic rings. The molecule has 0 aliphatic rings. The second-order valence-electron chi connectivity index (χ2n) is 4.62. The fraction of sp³-hybridized carbons (Fsp3) is 0.125. The van der Waals surface area contributed by atoms with Crippen molar-refractivity contribution in [3.63, 3.8) is 0 Å². The Bertz CT molecular complexity index is 705. The summed E-state index contributed by atoms with van der Waals surface area (Å²) in [6, 6.07) is 15.6. The number of aliphatic hydroxyl groups is 1. The number of hydrogen-bond donors (Lipinski definition) is 1. The molecule has 0 fully saturated rings. The molecule has 2 heterocycles. The average Bonchev–Trinajstić information content (AvgIpc) is 3.02. The van der Waals surface area contributed by atoms with Crippen LogP contribution >= 0.6 is 0 Å². The van der Waals surface area contributed by atoms with Gasteiger partial charge in [-0.1, -0.05) is 18.2 Å². The maximum absolute atomic E-state index is 9.62. The molecule has 0 spiro atoms. The minimum absolute atomic E-state index is 0.566. The fourth-order valence-corrected chi connectivity index (χ4v) is 2.07. The van der Waals surface area contributed by atoms with Crippen LogP contribution in [-0.4, -0.2) is 19.9 Å². The van der Waals surface area contributed by atoms with Gasteiger partial charge in [0.2, 0.25) is 0 Å². The Morgan fingerprint density at radius 3 is 2.70 bits per heavy atom. The molecule has 0 radical (unpaired) electrons. The van der Waals surface area contributed by atoms with Crippen LogP contribution in [0, 0.1) is 0 Å². The molecular weight excluding hydrogens is 250 g/mol. The number of rotatable bonds is 3. The first-order valence-corrected chi connectivity index (χ1v) is 6.49. The van der Waals surface area contributed by atoms with Crippen molar-refractivity contribution >= 4 is 0 Å². The van der Waals surface area contributed by atoms with E-state index in [2.05, 4.69) is 10.1 Å². The first-order valence-electron chi connectivity index (χ1n) is 6.49. The van der Waals surface area contributed by atoms with E-state index >= 15 is 0 Å². The smallest absolute Gasteiger partial charge is 0.0932 e. The monoisotopic (exact) mass is 265 g/mol. The van der Waals surface area contributed by atoms with Gasteiger partial charge in [-0.15, -0.1) is 0 Å². The Labute approximate surface area is 117 Å². The molecule has 0 saturated carbocycles. The predicted molar refractivity (Wildman–Crippen MR) is 77.4 cm³/mol. The van der Waals surface area contributed by atoms with Gasteiger partial charge in [0.1, 0.15) is 0 Å². The molecule has 4 heteroatoms. The summed E-state index contributed by atoms with van der Waals surface area (Å²) >= 11 is 0. The average molecular weight is 265 g/mol. The lowest BCUT2D eigenvalue weighted by atomic mass is 10.1. The van der Waals surface area contributed by atoms with Crippen LogP contribution in [0.5, 0.6) is 0 Å². The van der Waals surface area contributed by atoms with Gasteiger partial charge in [0.15, 0.2) is 0 Å². The van der Waals surface area contributed by atoms with Gasteiger partial charge in [-0.2, -0.15) is 5.10 Å². The van der Waals surface area contributed by atoms with E-state index in [0.717, 1.165) is 16.9 Å². The van der Waals surface area contributed by atoms with E-state index < -0.39 is 6.10 Å². The summed E-state index contributed by atoms with van der Waals surface area (Å²) in [6.07, 6.45) is 3.09. The SMILES string of the molecule is C[C@@H](O)c1cccc(-c2cccc(-n3cccn3)c2)n1. The molecule has 2 aromatic heterocycles. The quantitative estimate of drug-likeness (QED) is 0.792. The van der Waals surface area contributed by atoms with Crippen LogP contribution in [0.4, 0.5) is 0 Å². The van der Waals surface area contributed by atoms with Crippen molar-refractivity contribution in [2.75, 3.05) is 0 Å². The molecular formula is C16H15N3O. The molecule has 0 amide bonds. The van der Waals surface area contributed by atoms with Gasteiger partial charge < -0.3 is 5.11 Å². The zero-order chi connectivity index (χ0) is 13.9. The van der Waals surface area contributed by atoms with Gasteiger partial charge in [0.05, 0.1) is 23.2 Å². The van der Waals surface area contributed by atoms with E-state index in [1.54, 1.807) is 13.1 Å².